The first-order valence-electron chi connectivity index (χ1n) is 4.07. The second-order valence-corrected chi connectivity index (χ2v) is 4.51. The molecule has 0 radical (unpaired) electrons. The monoisotopic (exact) mass is 210 g/mol. The van der Waals surface area contributed by atoms with Gasteiger partial charge in [-0.05, 0) is 0 Å². The fourth-order valence-electron chi connectivity index (χ4n) is 1.40. The summed E-state index contributed by atoms with van der Waals surface area (Å²) in [6, 6.07) is 0. The largest absolute Gasteiger partial charge is 0.395 e. The number of rotatable bonds is 3. The minimum Gasteiger partial charge on any atom is -0.395 e. The molecule has 1 fully saturated rings. The van der Waals surface area contributed by atoms with Crippen molar-refractivity contribution in [1.82, 2.24) is 10.2 Å². The highest BCUT2D eigenvalue weighted by atomic mass is 32.2. The van der Waals surface area contributed by atoms with Crippen molar-refractivity contribution in [3.8, 4) is 0 Å². The molecule has 1 aliphatic rings. The Morgan fingerprint density at radius 2 is 2.23 bits per heavy atom. The van der Waals surface area contributed by atoms with Crippen molar-refractivity contribution in [3.05, 3.63) is 0 Å². The summed E-state index contributed by atoms with van der Waals surface area (Å²) in [6.07, 6.45) is 0. The zero-order chi connectivity index (χ0) is 9.90. The van der Waals surface area contributed by atoms with Crippen LogP contribution in [0.15, 0.2) is 0 Å². The predicted molar refractivity (Wildman–Crippen MR) is 46.9 cm³/mol. The van der Waals surface area contributed by atoms with Crippen molar-refractivity contribution < 1.29 is 18.1 Å². The lowest BCUT2D eigenvalue weighted by Crippen LogP contribution is -2.55. The number of aliphatic hydroxyl groups excluding tert-OH is 1. The summed E-state index contributed by atoms with van der Waals surface area (Å²) in [4.78, 5) is 1.55. The lowest BCUT2D eigenvalue weighted by atomic mass is 10.3. The summed E-state index contributed by atoms with van der Waals surface area (Å²) in [5.41, 5.74) is 0. The van der Waals surface area contributed by atoms with Gasteiger partial charge in [-0.1, -0.05) is 0 Å². The van der Waals surface area contributed by atoms with Crippen LogP contribution in [-0.4, -0.2) is 61.1 Å². The van der Waals surface area contributed by atoms with Crippen molar-refractivity contribution in [3.63, 3.8) is 0 Å². The highest BCUT2D eigenvalue weighted by Gasteiger charge is 2.31. The molecule has 3 N–H and O–H groups in total. The summed E-state index contributed by atoms with van der Waals surface area (Å²) in [5.74, 6) is 0. The van der Waals surface area contributed by atoms with Gasteiger partial charge in [-0.25, -0.2) is 0 Å². The maximum atomic E-state index is 10.9. The molecule has 1 atom stereocenters. The van der Waals surface area contributed by atoms with Crippen LogP contribution in [0.25, 0.3) is 0 Å². The Labute approximate surface area is 77.3 Å². The molecule has 78 valence electrons. The van der Waals surface area contributed by atoms with E-state index in [1.54, 1.807) is 4.90 Å². The van der Waals surface area contributed by atoms with E-state index >= 15 is 0 Å². The van der Waals surface area contributed by atoms with Crippen molar-refractivity contribution >= 4 is 10.1 Å². The van der Waals surface area contributed by atoms with Gasteiger partial charge in [-0.15, -0.1) is 0 Å². The number of β-amino-alcohol motifs (C(OH)–C–C–N with tert-alkyl or cyclic N) is 1. The van der Waals surface area contributed by atoms with E-state index in [-0.39, 0.29) is 19.7 Å². The first kappa shape index (κ1) is 10.9. The number of aliphatic hydroxyl groups is 1. The van der Waals surface area contributed by atoms with Crippen LogP contribution in [0.2, 0.25) is 0 Å². The third-order valence-corrected chi connectivity index (χ3v) is 3.19. The van der Waals surface area contributed by atoms with E-state index in [1.807, 2.05) is 0 Å². The Hall–Kier alpha value is -0.210. The Balaban J connectivity index is 2.67. The van der Waals surface area contributed by atoms with Gasteiger partial charge in [0.15, 0.2) is 5.37 Å². The van der Waals surface area contributed by atoms with Crippen molar-refractivity contribution in [1.29, 1.82) is 0 Å². The van der Waals surface area contributed by atoms with Crippen LogP contribution in [0.3, 0.4) is 0 Å². The first-order valence-corrected chi connectivity index (χ1v) is 5.58. The fourth-order valence-corrected chi connectivity index (χ4v) is 2.32. The molecule has 0 saturated carbocycles. The smallest absolute Gasteiger partial charge is 0.282 e. The number of nitrogens with zero attached hydrogens (tertiary/aromatic N) is 1. The van der Waals surface area contributed by atoms with Gasteiger partial charge in [0, 0.05) is 26.2 Å². The van der Waals surface area contributed by atoms with E-state index in [1.165, 1.54) is 0 Å². The molecule has 6 nitrogen and oxygen atoms in total. The number of nitrogens with one attached hydrogen (secondary N) is 1. The van der Waals surface area contributed by atoms with Crippen LogP contribution in [0.1, 0.15) is 0 Å². The summed E-state index contributed by atoms with van der Waals surface area (Å²) < 4.78 is 30.6. The standard InChI is InChI=1S/C6H14N2O4S/c9-4-3-8-2-1-7-5-6(8)13(10,11)12/h6-7,9H,1-5H2,(H,10,11,12). The van der Waals surface area contributed by atoms with Gasteiger partial charge >= 0.3 is 0 Å². The van der Waals surface area contributed by atoms with Crippen LogP contribution in [-0.2, 0) is 10.1 Å². The average molecular weight is 210 g/mol. The predicted octanol–water partition coefficient (Wildman–Crippen LogP) is -1.90. The zero-order valence-electron chi connectivity index (χ0n) is 7.18. The van der Waals surface area contributed by atoms with Crippen LogP contribution in [0.5, 0.6) is 0 Å². The van der Waals surface area contributed by atoms with Crippen LogP contribution >= 0.6 is 0 Å². The second-order valence-electron chi connectivity index (χ2n) is 2.93. The fraction of sp³-hybridized carbons (Fsp3) is 1.00. The average Bonchev–Trinajstić information content (AvgIpc) is 2.04. The topological polar surface area (TPSA) is 89.9 Å². The van der Waals surface area contributed by atoms with Gasteiger partial charge in [0.25, 0.3) is 10.1 Å². The van der Waals surface area contributed by atoms with Crippen molar-refractivity contribution in [2.75, 3.05) is 32.8 Å². The molecule has 1 heterocycles. The lowest BCUT2D eigenvalue weighted by molar-refractivity contribution is 0.157. The Morgan fingerprint density at radius 3 is 2.77 bits per heavy atom. The molecule has 13 heavy (non-hydrogen) atoms. The number of hydrogen-bond acceptors (Lipinski definition) is 5. The highest BCUT2D eigenvalue weighted by Crippen LogP contribution is 2.07. The summed E-state index contributed by atoms with van der Waals surface area (Å²) in [7, 11) is -4.04. The quantitative estimate of drug-likeness (QED) is 0.471. The van der Waals surface area contributed by atoms with Gasteiger partial charge in [0.2, 0.25) is 0 Å². The van der Waals surface area contributed by atoms with E-state index in [9.17, 15) is 8.42 Å². The van der Waals surface area contributed by atoms with Gasteiger partial charge in [0.05, 0.1) is 6.61 Å². The van der Waals surface area contributed by atoms with Gasteiger partial charge in [0.1, 0.15) is 0 Å². The molecule has 0 amide bonds. The van der Waals surface area contributed by atoms with Gasteiger partial charge in [-0.3, -0.25) is 9.45 Å². The van der Waals surface area contributed by atoms with Crippen LogP contribution in [0.4, 0.5) is 0 Å². The molecule has 0 bridgehead atoms. The molecule has 0 spiro atoms. The van der Waals surface area contributed by atoms with E-state index < -0.39 is 15.5 Å². The molecule has 0 aromatic rings. The third kappa shape index (κ3) is 2.89. The van der Waals surface area contributed by atoms with Gasteiger partial charge in [-0.2, -0.15) is 8.42 Å². The second kappa shape index (κ2) is 4.34. The highest BCUT2D eigenvalue weighted by molar-refractivity contribution is 7.86. The molecule has 0 aromatic heterocycles. The zero-order valence-corrected chi connectivity index (χ0v) is 8.00. The molecular weight excluding hydrogens is 196 g/mol. The Bertz CT molecular complexity index is 251. The SMILES string of the molecule is O=S(=O)(O)C1CNCCN1CCO. The molecule has 1 aliphatic heterocycles. The maximum Gasteiger partial charge on any atom is 0.282 e. The minimum absolute atomic E-state index is 0.105. The third-order valence-electron chi connectivity index (χ3n) is 2.03. The van der Waals surface area contributed by atoms with E-state index in [0.29, 0.717) is 13.1 Å². The van der Waals surface area contributed by atoms with E-state index in [2.05, 4.69) is 5.32 Å². The molecular formula is C6H14N2O4S. The number of hydrogen-bond donors (Lipinski definition) is 3. The van der Waals surface area contributed by atoms with Crippen LogP contribution in [0, 0.1) is 0 Å². The lowest BCUT2D eigenvalue weighted by Gasteiger charge is -2.33. The van der Waals surface area contributed by atoms with E-state index in [4.69, 9.17) is 9.66 Å². The Morgan fingerprint density at radius 1 is 1.54 bits per heavy atom. The number of piperazine rings is 1. The minimum atomic E-state index is -4.04. The Kier molecular flexibility index (Phi) is 3.63. The molecule has 7 heteroatoms. The molecule has 1 rings (SSSR count). The molecule has 0 aromatic carbocycles. The van der Waals surface area contributed by atoms with Gasteiger partial charge < -0.3 is 10.4 Å². The normalized spacial score (nSPS) is 26.2. The molecule has 1 saturated heterocycles. The molecule has 1 unspecified atom stereocenters. The summed E-state index contributed by atoms with van der Waals surface area (Å²) >= 11 is 0. The first-order chi connectivity index (χ1) is 6.05. The van der Waals surface area contributed by atoms with E-state index in [0.717, 1.165) is 0 Å². The van der Waals surface area contributed by atoms with Crippen molar-refractivity contribution in [2.24, 2.45) is 0 Å². The van der Waals surface area contributed by atoms with Crippen LogP contribution < -0.4 is 5.32 Å². The maximum absolute atomic E-state index is 10.9. The molecule has 0 aliphatic carbocycles. The summed E-state index contributed by atoms with van der Waals surface area (Å²) in [6.45, 7) is 1.56. The summed E-state index contributed by atoms with van der Waals surface area (Å²) in [5, 5.41) is 10.6. The van der Waals surface area contributed by atoms with Crippen molar-refractivity contribution in [2.45, 2.75) is 5.37 Å².